The lowest BCUT2D eigenvalue weighted by atomic mass is 10.3. The Morgan fingerprint density at radius 2 is 1.93 bits per heavy atom. The second-order valence-electron chi connectivity index (χ2n) is 3.11. The Kier molecular flexibility index (Phi) is 2.14. The van der Waals surface area contributed by atoms with Crippen LogP contribution in [0.25, 0.3) is 11.4 Å². The highest BCUT2D eigenvalue weighted by atomic mass is 15.3. The Morgan fingerprint density at radius 1 is 1.21 bits per heavy atom. The number of anilines is 1. The highest BCUT2D eigenvalue weighted by Crippen LogP contribution is 2.14. The van der Waals surface area contributed by atoms with E-state index in [0.717, 1.165) is 11.4 Å². The summed E-state index contributed by atoms with van der Waals surface area (Å²) in [5.41, 5.74) is 0.987. The second-order valence-corrected chi connectivity index (χ2v) is 3.11. The van der Waals surface area contributed by atoms with Gasteiger partial charge in [-0.25, -0.2) is 0 Å². The van der Waals surface area contributed by atoms with E-state index in [4.69, 9.17) is 0 Å². The Labute approximate surface area is 81.8 Å². The third-order valence-corrected chi connectivity index (χ3v) is 1.83. The van der Waals surface area contributed by atoms with Crippen molar-refractivity contribution < 1.29 is 0 Å². The highest BCUT2D eigenvalue weighted by Gasteiger charge is 2.05. The summed E-state index contributed by atoms with van der Waals surface area (Å²) in [6.45, 7) is 0. The van der Waals surface area contributed by atoms with E-state index in [1.54, 1.807) is 12.4 Å². The van der Waals surface area contributed by atoms with E-state index in [1.807, 2.05) is 31.1 Å². The van der Waals surface area contributed by atoms with Gasteiger partial charge < -0.3 is 4.90 Å². The molecule has 0 atom stereocenters. The van der Waals surface area contributed by atoms with Gasteiger partial charge in [-0.1, -0.05) is 0 Å². The van der Waals surface area contributed by atoms with Crippen LogP contribution in [0.4, 0.5) is 5.95 Å². The lowest BCUT2D eigenvalue weighted by Gasteiger charge is -2.03. The lowest BCUT2D eigenvalue weighted by molar-refractivity contribution is 0.999. The first kappa shape index (κ1) is 8.68. The van der Waals surface area contributed by atoms with Crippen molar-refractivity contribution >= 4 is 5.95 Å². The van der Waals surface area contributed by atoms with Gasteiger partial charge in [0.05, 0.1) is 0 Å². The highest BCUT2D eigenvalue weighted by molar-refractivity contribution is 5.54. The van der Waals surface area contributed by atoms with Gasteiger partial charge in [0.25, 0.3) is 0 Å². The molecule has 0 bridgehead atoms. The number of hydrogen-bond donors (Lipinski definition) is 1. The molecule has 0 aliphatic heterocycles. The maximum Gasteiger partial charge on any atom is 0.244 e. The molecule has 0 saturated carbocycles. The maximum absolute atomic E-state index is 4.31. The number of aromatic nitrogens is 4. The first-order valence-corrected chi connectivity index (χ1v) is 4.27. The molecular formula is C9H11N5. The van der Waals surface area contributed by atoms with E-state index in [9.17, 15) is 0 Å². The van der Waals surface area contributed by atoms with Crippen LogP contribution in [0.3, 0.4) is 0 Å². The summed E-state index contributed by atoms with van der Waals surface area (Å²) in [6, 6.07) is 3.78. The van der Waals surface area contributed by atoms with E-state index in [1.165, 1.54) is 0 Å². The standard InChI is InChI=1S/C9H11N5/c1-14(2)9-11-8(12-13-9)7-3-5-10-6-4-7/h3-6H,1-2H3,(H,11,12,13). The fraction of sp³-hybridized carbons (Fsp3) is 0.222. The van der Waals surface area contributed by atoms with Crippen LogP contribution in [0.15, 0.2) is 24.5 Å². The minimum atomic E-state index is 0.678. The summed E-state index contributed by atoms with van der Waals surface area (Å²) in [5, 5.41) is 6.93. The fourth-order valence-corrected chi connectivity index (χ4v) is 1.09. The first-order valence-electron chi connectivity index (χ1n) is 4.27. The Hall–Kier alpha value is -1.91. The molecule has 1 N–H and O–H groups in total. The zero-order valence-corrected chi connectivity index (χ0v) is 8.10. The van der Waals surface area contributed by atoms with Gasteiger partial charge in [0.15, 0.2) is 5.82 Å². The minimum absolute atomic E-state index is 0.678. The Bertz CT molecular complexity index is 406. The molecule has 2 aromatic rings. The van der Waals surface area contributed by atoms with Gasteiger partial charge in [-0.15, -0.1) is 5.10 Å². The van der Waals surface area contributed by atoms with Gasteiger partial charge in [-0.05, 0) is 12.1 Å². The molecule has 0 aromatic carbocycles. The van der Waals surface area contributed by atoms with Gasteiger partial charge in [-0.2, -0.15) is 4.98 Å². The molecule has 0 fully saturated rings. The quantitative estimate of drug-likeness (QED) is 0.763. The summed E-state index contributed by atoms with van der Waals surface area (Å²) in [4.78, 5) is 10.1. The smallest absolute Gasteiger partial charge is 0.244 e. The molecule has 2 rings (SSSR count). The largest absolute Gasteiger partial charge is 0.346 e. The number of hydrogen-bond acceptors (Lipinski definition) is 4. The van der Waals surface area contributed by atoms with Crippen LogP contribution in [0, 0.1) is 0 Å². The molecule has 2 aromatic heterocycles. The number of H-pyrrole nitrogens is 1. The number of aromatic amines is 1. The number of pyridine rings is 1. The third kappa shape index (κ3) is 1.56. The maximum atomic E-state index is 4.31. The summed E-state index contributed by atoms with van der Waals surface area (Å²) in [5.74, 6) is 1.44. The van der Waals surface area contributed by atoms with E-state index < -0.39 is 0 Å². The summed E-state index contributed by atoms with van der Waals surface area (Å²) in [6.07, 6.45) is 3.46. The average Bonchev–Trinajstić information content (AvgIpc) is 2.68. The monoisotopic (exact) mass is 189 g/mol. The van der Waals surface area contributed by atoms with Crippen molar-refractivity contribution in [2.45, 2.75) is 0 Å². The number of rotatable bonds is 2. The molecule has 0 saturated heterocycles. The normalized spacial score (nSPS) is 10.1. The number of nitrogens with zero attached hydrogens (tertiary/aromatic N) is 4. The van der Waals surface area contributed by atoms with Crippen molar-refractivity contribution in [1.82, 2.24) is 20.2 Å². The molecule has 0 radical (unpaired) electrons. The summed E-state index contributed by atoms with van der Waals surface area (Å²) >= 11 is 0. The van der Waals surface area contributed by atoms with Crippen molar-refractivity contribution in [3.8, 4) is 11.4 Å². The molecule has 72 valence electrons. The molecule has 0 unspecified atom stereocenters. The van der Waals surface area contributed by atoms with E-state index in [-0.39, 0.29) is 0 Å². The molecule has 0 spiro atoms. The SMILES string of the molecule is CN(C)c1n[nH]c(-c2ccncc2)n1. The van der Waals surface area contributed by atoms with Crippen LogP contribution in [0.2, 0.25) is 0 Å². The molecule has 0 aliphatic carbocycles. The van der Waals surface area contributed by atoms with Gasteiger partial charge in [0, 0.05) is 32.1 Å². The van der Waals surface area contributed by atoms with Crippen LogP contribution in [-0.2, 0) is 0 Å². The Morgan fingerprint density at radius 3 is 2.50 bits per heavy atom. The second kappa shape index (κ2) is 3.45. The summed E-state index contributed by atoms with van der Waals surface area (Å²) in [7, 11) is 3.80. The van der Waals surface area contributed by atoms with Gasteiger partial charge in [-0.3, -0.25) is 10.1 Å². The van der Waals surface area contributed by atoms with Gasteiger partial charge in [0.1, 0.15) is 0 Å². The van der Waals surface area contributed by atoms with E-state index in [2.05, 4.69) is 20.2 Å². The van der Waals surface area contributed by atoms with Crippen molar-refractivity contribution in [2.24, 2.45) is 0 Å². The minimum Gasteiger partial charge on any atom is -0.346 e. The van der Waals surface area contributed by atoms with Gasteiger partial charge >= 0.3 is 0 Å². The predicted octanol–water partition coefficient (Wildman–Crippen LogP) is 0.933. The van der Waals surface area contributed by atoms with E-state index in [0.29, 0.717) is 5.95 Å². The van der Waals surface area contributed by atoms with Crippen LogP contribution < -0.4 is 4.90 Å². The fourth-order valence-electron chi connectivity index (χ4n) is 1.09. The molecule has 5 heteroatoms. The molecule has 0 aliphatic rings. The van der Waals surface area contributed by atoms with Crippen LogP contribution >= 0.6 is 0 Å². The predicted molar refractivity (Wildman–Crippen MR) is 53.9 cm³/mol. The first-order chi connectivity index (χ1) is 6.77. The van der Waals surface area contributed by atoms with Crippen molar-refractivity contribution in [2.75, 3.05) is 19.0 Å². The lowest BCUT2D eigenvalue weighted by Crippen LogP contribution is -2.10. The van der Waals surface area contributed by atoms with Crippen molar-refractivity contribution in [1.29, 1.82) is 0 Å². The third-order valence-electron chi connectivity index (χ3n) is 1.83. The van der Waals surface area contributed by atoms with Crippen molar-refractivity contribution in [3.63, 3.8) is 0 Å². The topological polar surface area (TPSA) is 57.7 Å². The van der Waals surface area contributed by atoms with Crippen LogP contribution in [0.1, 0.15) is 0 Å². The van der Waals surface area contributed by atoms with Gasteiger partial charge in [0.2, 0.25) is 5.95 Å². The van der Waals surface area contributed by atoms with Crippen LogP contribution in [0.5, 0.6) is 0 Å². The molecular weight excluding hydrogens is 178 g/mol. The molecule has 5 nitrogen and oxygen atoms in total. The molecule has 14 heavy (non-hydrogen) atoms. The average molecular weight is 189 g/mol. The Balaban J connectivity index is 2.34. The zero-order valence-electron chi connectivity index (χ0n) is 8.10. The van der Waals surface area contributed by atoms with Crippen LogP contribution in [-0.4, -0.2) is 34.3 Å². The number of nitrogens with one attached hydrogen (secondary N) is 1. The zero-order chi connectivity index (χ0) is 9.97. The molecule has 2 heterocycles. The van der Waals surface area contributed by atoms with E-state index >= 15 is 0 Å². The van der Waals surface area contributed by atoms with Crippen molar-refractivity contribution in [3.05, 3.63) is 24.5 Å². The summed E-state index contributed by atoms with van der Waals surface area (Å²) < 4.78 is 0. The molecule has 0 amide bonds.